The number of ether oxygens (including phenoxy) is 1. The summed E-state index contributed by atoms with van der Waals surface area (Å²) >= 11 is 0. The number of hydrogen-bond acceptors (Lipinski definition) is 6. The van der Waals surface area contributed by atoms with E-state index in [2.05, 4.69) is 20.8 Å². The van der Waals surface area contributed by atoms with Gasteiger partial charge in [-0.05, 0) is 37.6 Å². The third-order valence-corrected chi connectivity index (χ3v) is 3.09. The Bertz CT molecular complexity index is 701. The third kappa shape index (κ3) is 4.77. The van der Waals surface area contributed by atoms with Gasteiger partial charge in [-0.25, -0.2) is 4.79 Å². The minimum absolute atomic E-state index is 0.0971. The quantitative estimate of drug-likeness (QED) is 0.759. The first-order chi connectivity index (χ1) is 11.6. The average Bonchev–Trinajstić information content (AvgIpc) is 2.57. The molecule has 0 saturated heterocycles. The molecular weight excluding hydrogens is 308 g/mol. The van der Waals surface area contributed by atoms with E-state index in [9.17, 15) is 9.59 Å². The number of carbonyl (C=O) groups is 2. The smallest absolute Gasteiger partial charge is 0.340 e. The first kappa shape index (κ1) is 17.4. The van der Waals surface area contributed by atoms with E-state index in [0.717, 1.165) is 6.42 Å². The highest BCUT2D eigenvalue weighted by molar-refractivity contribution is 5.96. The van der Waals surface area contributed by atoms with Gasteiger partial charge in [0.25, 0.3) is 0 Å². The Morgan fingerprint density at radius 1 is 1.04 bits per heavy atom. The summed E-state index contributed by atoms with van der Waals surface area (Å²) in [6.45, 7) is 3.99. The van der Waals surface area contributed by atoms with Crippen LogP contribution in [0.5, 0.6) is 0 Å². The van der Waals surface area contributed by atoms with Crippen LogP contribution < -0.4 is 10.6 Å². The van der Waals surface area contributed by atoms with Crippen LogP contribution in [0.15, 0.2) is 36.4 Å². The molecule has 126 valence electrons. The molecule has 24 heavy (non-hydrogen) atoms. The van der Waals surface area contributed by atoms with Crippen LogP contribution in [0.3, 0.4) is 0 Å². The second kappa shape index (κ2) is 8.61. The minimum Gasteiger partial charge on any atom is -0.462 e. The zero-order valence-electron chi connectivity index (χ0n) is 13.7. The van der Waals surface area contributed by atoms with E-state index < -0.39 is 5.97 Å². The lowest BCUT2D eigenvalue weighted by atomic mass is 10.2. The number of carbonyl (C=O) groups excluding carboxylic acids is 2. The number of amides is 1. The molecule has 0 unspecified atom stereocenters. The molecule has 7 heteroatoms. The summed E-state index contributed by atoms with van der Waals surface area (Å²) in [5, 5.41) is 13.6. The Morgan fingerprint density at radius 2 is 1.75 bits per heavy atom. The predicted molar refractivity (Wildman–Crippen MR) is 91.3 cm³/mol. The molecule has 1 amide bonds. The molecule has 0 spiro atoms. The number of nitrogens with zero attached hydrogens (tertiary/aromatic N) is 2. The summed E-state index contributed by atoms with van der Waals surface area (Å²) < 4.78 is 5.03. The summed E-state index contributed by atoms with van der Waals surface area (Å²) in [7, 11) is 0. The zero-order valence-corrected chi connectivity index (χ0v) is 13.7. The third-order valence-electron chi connectivity index (χ3n) is 3.09. The van der Waals surface area contributed by atoms with Gasteiger partial charge < -0.3 is 15.4 Å². The number of esters is 1. The van der Waals surface area contributed by atoms with Crippen LogP contribution >= 0.6 is 0 Å². The number of benzene rings is 1. The molecule has 0 aliphatic rings. The van der Waals surface area contributed by atoms with E-state index in [1.54, 1.807) is 43.3 Å². The SMILES string of the molecule is CCCC(=O)Nc1ccc(Nc2ccccc2C(=O)OCC)nn1. The molecule has 0 bridgehead atoms. The normalized spacial score (nSPS) is 10.1. The van der Waals surface area contributed by atoms with Crippen molar-refractivity contribution >= 4 is 29.2 Å². The molecule has 2 aromatic rings. The fraction of sp³-hybridized carbons (Fsp3) is 0.294. The predicted octanol–water partition coefficient (Wildman–Crippen LogP) is 3.14. The number of hydrogen-bond donors (Lipinski definition) is 2. The van der Waals surface area contributed by atoms with Gasteiger partial charge in [-0.1, -0.05) is 19.1 Å². The van der Waals surface area contributed by atoms with Crippen molar-refractivity contribution < 1.29 is 14.3 Å². The molecule has 1 aromatic carbocycles. The fourth-order valence-corrected chi connectivity index (χ4v) is 2.01. The summed E-state index contributed by atoms with van der Waals surface area (Å²) in [6.07, 6.45) is 1.21. The summed E-state index contributed by atoms with van der Waals surface area (Å²) in [4.78, 5) is 23.5. The average molecular weight is 328 g/mol. The maximum Gasteiger partial charge on any atom is 0.340 e. The Labute approximate surface area is 140 Å². The van der Waals surface area contributed by atoms with Gasteiger partial charge in [0.2, 0.25) is 5.91 Å². The number of rotatable bonds is 7. The van der Waals surface area contributed by atoms with Crippen molar-refractivity contribution in [3.05, 3.63) is 42.0 Å². The lowest BCUT2D eigenvalue weighted by molar-refractivity contribution is -0.116. The highest BCUT2D eigenvalue weighted by atomic mass is 16.5. The second-order valence-electron chi connectivity index (χ2n) is 4.99. The van der Waals surface area contributed by atoms with Gasteiger partial charge in [0.05, 0.1) is 17.9 Å². The largest absolute Gasteiger partial charge is 0.462 e. The molecule has 0 aliphatic heterocycles. The standard InChI is InChI=1S/C17H20N4O3/c1-3-7-16(22)19-15-11-10-14(20-21-15)18-13-9-6-5-8-12(13)17(23)24-4-2/h5-6,8-11H,3-4,7H2,1-2H3,(H,18,20)(H,19,21,22). The van der Waals surface area contributed by atoms with Crippen molar-refractivity contribution in [3.8, 4) is 0 Å². The number of nitrogens with one attached hydrogen (secondary N) is 2. The van der Waals surface area contributed by atoms with Crippen molar-refractivity contribution in [1.82, 2.24) is 10.2 Å². The lowest BCUT2D eigenvalue weighted by Gasteiger charge is -2.10. The van der Waals surface area contributed by atoms with Crippen LogP contribution in [0.25, 0.3) is 0 Å². The van der Waals surface area contributed by atoms with Crippen molar-refractivity contribution in [1.29, 1.82) is 0 Å². The molecule has 0 atom stereocenters. The van der Waals surface area contributed by atoms with Crippen LogP contribution in [0, 0.1) is 0 Å². The van der Waals surface area contributed by atoms with E-state index in [-0.39, 0.29) is 5.91 Å². The van der Waals surface area contributed by atoms with Crippen molar-refractivity contribution in [2.45, 2.75) is 26.7 Å². The monoisotopic (exact) mass is 328 g/mol. The van der Waals surface area contributed by atoms with E-state index in [4.69, 9.17) is 4.74 Å². The second-order valence-corrected chi connectivity index (χ2v) is 4.99. The van der Waals surface area contributed by atoms with Crippen LogP contribution in [-0.4, -0.2) is 28.7 Å². The number of anilines is 3. The fourth-order valence-electron chi connectivity index (χ4n) is 2.01. The van der Waals surface area contributed by atoms with Gasteiger partial charge in [0, 0.05) is 6.42 Å². The number of para-hydroxylation sites is 1. The van der Waals surface area contributed by atoms with Gasteiger partial charge in [-0.15, -0.1) is 10.2 Å². The first-order valence-electron chi connectivity index (χ1n) is 7.80. The minimum atomic E-state index is -0.406. The summed E-state index contributed by atoms with van der Waals surface area (Å²) in [5.41, 5.74) is 0.995. The molecule has 2 N–H and O–H groups in total. The number of aromatic nitrogens is 2. The Morgan fingerprint density at radius 3 is 2.42 bits per heavy atom. The van der Waals surface area contributed by atoms with E-state index in [1.165, 1.54) is 0 Å². The van der Waals surface area contributed by atoms with Gasteiger partial charge in [0.1, 0.15) is 0 Å². The van der Waals surface area contributed by atoms with Crippen LogP contribution in [-0.2, 0) is 9.53 Å². The van der Waals surface area contributed by atoms with Crippen molar-refractivity contribution in [3.63, 3.8) is 0 Å². The molecular formula is C17H20N4O3. The van der Waals surface area contributed by atoms with Gasteiger partial charge in [-0.3, -0.25) is 4.79 Å². The van der Waals surface area contributed by atoms with Crippen LogP contribution in [0.2, 0.25) is 0 Å². The first-order valence-corrected chi connectivity index (χ1v) is 7.80. The molecule has 1 aromatic heterocycles. The van der Waals surface area contributed by atoms with Crippen molar-refractivity contribution in [2.75, 3.05) is 17.2 Å². The van der Waals surface area contributed by atoms with Crippen LogP contribution in [0.4, 0.5) is 17.3 Å². The molecule has 0 radical (unpaired) electrons. The van der Waals surface area contributed by atoms with E-state index in [1.807, 2.05) is 6.92 Å². The molecule has 0 saturated carbocycles. The Kier molecular flexibility index (Phi) is 6.24. The summed E-state index contributed by atoms with van der Waals surface area (Å²) in [5.74, 6) is 0.343. The van der Waals surface area contributed by atoms with E-state index >= 15 is 0 Å². The molecule has 1 heterocycles. The lowest BCUT2D eigenvalue weighted by Crippen LogP contribution is -2.12. The van der Waals surface area contributed by atoms with Crippen molar-refractivity contribution in [2.24, 2.45) is 0 Å². The Balaban J connectivity index is 2.09. The van der Waals surface area contributed by atoms with E-state index in [0.29, 0.717) is 35.9 Å². The molecule has 2 rings (SSSR count). The summed E-state index contributed by atoms with van der Waals surface area (Å²) in [6, 6.07) is 10.3. The topological polar surface area (TPSA) is 93.2 Å². The van der Waals surface area contributed by atoms with Gasteiger partial charge in [0.15, 0.2) is 11.6 Å². The highest BCUT2D eigenvalue weighted by Gasteiger charge is 2.12. The Hall–Kier alpha value is -2.96. The van der Waals surface area contributed by atoms with Gasteiger partial charge >= 0.3 is 5.97 Å². The molecule has 0 aliphatic carbocycles. The highest BCUT2D eigenvalue weighted by Crippen LogP contribution is 2.20. The van der Waals surface area contributed by atoms with Gasteiger partial charge in [-0.2, -0.15) is 0 Å². The van der Waals surface area contributed by atoms with Crippen LogP contribution in [0.1, 0.15) is 37.0 Å². The zero-order chi connectivity index (χ0) is 17.4. The maximum absolute atomic E-state index is 11.9. The maximum atomic E-state index is 11.9. The molecule has 0 fully saturated rings. The molecule has 7 nitrogen and oxygen atoms in total.